The van der Waals surface area contributed by atoms with Gasteiger partial charge in [-0.25, -0.2) is 0 Å². The highest BCUT2D eigenvalue weighted by Crippen LogP contribution is 2.22. The molecule has 2 aromatic rings. The number of nitrogens with one attached hydrogen (secondary N) is 1. The van der Waals surface area contributed by atoms with E-state index >= 15 is 0 Å². The number of hydrogen-bond acceptors (Lipinski definition) is 6. The van der Waals surface area contributed by atoms with Gasteiger partial charge in [0, 0.05) is 6.42 Å². The van der Waals surface area contributed by atoms with Crippen molar-refractivity contribution in [2.75, 3.05) is 11.1 Å². The number of anilines is 1. The Morgan fingerprint density at radius 3 is 2.89 bits per heavy atom. The SMILES string of the molecule is CCc1nnc(SCC(=O)Nc2ccccc2O)o1. The Balaban J connectivity index is 1.86. The predicted octanol–water partition coefficient (Wildman–Crippen LogP) is 2.07. The molecule has 1 heterocycles. The van der Waals surface area contributed by atoms with Gasteiger partial charge in [0.05, 0.1) is 11.4 Å². The second-order valence-electron chi connectivity index (χ2n) is 3.67. The maximum atomic E-state index is 11.7. The first-order chi connectivity index (χ1) is 9.19. The summed E-state index contributed by atoms with van der Waals surface area (Å²) in [6, 6.07) is 6.55. The lowest BCUT2D eigenvalue weighted by atomic mass is 10.3. The fraction of sp³-hybridized carbons (Fsp3) is 0.250. The average molecular weight is 279 g/mol. The fourth-order valence-electron chi connectivity index (χ4n) is 1.33. The summed E-state index contributed by atoms with van der Waals surface area (Å²) in [5, 5.41) is 20.1. The van der Waals surface area contributed by atoms with E-state index in [4.69, 9.17) is 4.42 Å². The van der Waals surface area contributed by atoms with Crippen LogP contribution < -0.4 is 5.32 Å². The summed E-state index contributed by atoms with van der Waals surface area (Å²) in [4.78, 5) is 11.7. The van der Waals surface area contributed by atoms with Gasteiger partial charge in [0.1, 0.15) is 5.75 Å². The second kappa shape index (κ2) is 6.24. The number of aryl methyl sites for hydroxylation is 1. The molecule has 2 N–H and O–H groups in total. The number of benzene rings is 1. The molecule has 2 rings (SSSR count). The van der Waals surface area contributed by atoms with Crippen molar-refractivity contribution >= 4 is 23.4 Å². The minimum Gasteiger partial charge on any atom is -0.506 e. The van der Waals surface area contributed by atoms with Crippen LogP contribution in [0, 0.1) is 0 Å². The van der Waals surface area contributed by atoms with E-state index in [0.717, 1.165) is 11.8 Å². The van der Waals surface area contributed by atoms with Crippen molar-refractivity contribution in [2.45, 2.75) is 18.6 Å². The van der Waals surface area contributed by atoms with Gasteiger partial charge in [0.25, 0.3) is 5.22 Å². The summed E-state index contributed by atoms with van der Waals surface area (Å²) < 4.78 is 5.27. The second-order valence-corrected chi connectivity index (χ2v) is 4.60. The van der Waals surface area contributed by atoms with E-state index in [1.807, 2.05) is 6.92 Å². The minimum atomic E-state index is -0.247. The Bertz CT molecular complexity index is 571. The Morgan fingerprint density at radius 1 is 1.42 bits per heavy atom. The molecular formula is C12H13N3O3S. The molecule has 1 amide bonds. The molecule has 0 aliphatic heterocycles. The number of aromatic nitrogens is 2. The van der Waals surface area contributed by atoms with E-state index in [1.165, 1.54) is 6.07 Å². The first-order valence-corrected chi connectivity index (χ1v) is 6.70. The minimum absolute atomic E-state index is 0.0342. The first-order valence-electron chi connectivity index (χ1n) is 5.72. The summed E-state index contributed by atoms with van der Waals surface area (Å²) in [6.07, 6.45) is 0.664. The molecular weight excluding hydrogens is 266 g/mol. The zero-order chi connectivity index (χ0) is 13.7. The molecule has 0 saturated carbocycles. The molecule has 0 aliphatic rings. The molecule has 7 heteroatoms. The molecule has 6 nitrogen and oxygen atoms in total. The number of para-hydroxylation sites is 2. The van der Waals surface area contributed by atoms with E-state index in [0.29, 0.717) is 23.2 Å². The molecule has 0 fully saturated rings. The van der Waals surface area contributed by atoms with Crippen molar-refractivity contribution in [3.05, 3.63) is 30.2 Å². The van der Waals surface area contributed by atoms with Crippen molar-refractivity contribution < 1.29 is 14.3 Å². The van der Waals surface area contributed by atoms with Crippen LogP contribution in [0.25, 0.3) is 0 Å². The van der Waals surface area contributed by atoms with Crippen molar-refractivity contribution in [3.8, 4) is 5.75 Å². The van der Waals surface area contributed by atoms with Gasteiger partial charge in [0.15, 0.2) is 0 Å². The van der Waals surface area contributed by atoms with Crippen LogP contribution in [0.15, 0.2) is 33.9 Å². The monoisotopic (exact) mass is 279 g/mol. The number of aromatic hydroxyl groups is 1. The van der Waals surface area contributed by atoms with Crippen molar-refractivity contribution in [3.63, 3.8) is 0 Å². The number of hydrogen-bond donors (Lipinski definition) is 2. The van der Waals surface area contributed by atoms with E-state index in [1.54, 1.807) is 18.2 Å². The molecule has 0 unspecified atom stereocenters. The van der Waals surface area contributed by atoms with Crippen LogP contribution in [-0.4, -0.2) is 27.0 Å². The standard InChI is InChI=1S/C12H13N3O3S/c1-2-11-14-15-12(18-11)19-7-10(17)13-8-5-3-4-6-9(8)16/h3-6,16H,2,7H2,1H3,(H,13,17). The van der Waals surface area contributed by atoms with Crippen LogP contribution in [0.3, 0.4) is 0 Å². The fourth-order valence-corrected chi connectivity index (χ4v) is 1.91. The zero-order valence-electron chi connectivity index (χ0n) is 10.3. The molecule has 100 valence electrons. The third-order valence-corrected chi connectivity index (χ3v) is 3.07. The number of carbonyl (C=O) groups excluding carboxylic acids is 1. The van der Waals surface area contributed by atoms with Gasteiger partial charge in [-0.15, -0.1) is 10.2 Å². The van der Waals surface area contributed by atoms with Crippen molar-refractivity contribution in [2.24, 2.45) is 0 Å². The van der Waals surface area contributed by atoms with Crippen LogP contribution in [0.4, 0.5) is 5.69 Å². The molecule has 0 atom stereocenters. The lowest BCUT2D eigenvalue weighted by molar-refractivity contribution is -0.113. The third kappa shape index (κ3) is 3.72. The van der Waals surface area contributed by atoms with Crippen LogP contribution in [-0.2, 0) is 11.2 Å². The smallest absolute Gasteiger partial charge is 0.277 e. The highest BCUT2D eigenvalue weighted by molar-refractivity contribution is 7.99. The molecule has 1 aromatic heterocycles. The quantitative estimate of drug-likeness (QED) is 0.643. The number of thioether (sulfide) groups is 1. The van der Waals surface area contributed by atoms with Crippen molar-refractivity contribution in [1.29, 1.82) is 0 Å². The van der Waals surface area contributed by atoms with E-state index in [-0.39, 0.29) is 17.4 Å². The van der Waals surface area contributed by atoms with Crippen molar-refractivity contribution in [1.82, 2.24) is 10.2 Å². The first kappa shape index (κ1) is 13.4. The number of carbonyl (C=O) groups is 1. The topological polar surface area (TPSA) is 88.2 Å². The van der Waals surface area contributed by atoms with Gasteiger partial charge in [-0.3, -0.25) is 4.79 Å². The zero-order valence-corrected chi connectivity index (χ0v) is 11.1. The highest BCUT2D eigenvalue weighted by atomic mass is 32.2. The van der Waals surface area contributed by atoms with Gasteiger partial charge in [-0.2, -0.15) is 0 Å². The summed E-state index contributed by atoms with van der Waals surface area (Å²) in [6.45, 7) is 1.91. The molecule has 0 aliphatic carbocycles. The van der Waals surface area contributed by atoms with E-state index in [2.05, 4.69) is 15.5 Å². The summed E-state index contributed by atoms with van der Waals surface area (Å²) in [7, 11) is 0. The summed E-state index contributed by atoms with van der Waals surface area (Å²) in [5.74, 6) is 0.470. The largest absolute Gasteiger partial charge is 0.506 e. The highest BCUT2D eigenvalue weighted by Gasteiger charge is 2.10. The number of phenolic OH excluding ortho intramolecular Hbond substituents is 1. The third-order valence-electron chi connectivity index (χ3n) is 2.26. The molecule has 0 radical (unpaired) electrons. The Labute approximate surface area is 114 Å². The number of nitrogens with zero attached hydrogens (tertiary/aromatic N) is 2. The summed E-state index contributed by atoms with van der Waals surface area (Å²) in [5.41, 5.74) is 0.382. The number of phenols is 1. The number of rotatable bonds is 5. The number of amides is 1. The molecule has 19 heavy (non-hydrogen) atoms. The lowest BCUT2D eigenvalue weighted by Crippen LogP contribution is -2.14. The Kier molecular flexibility index (Phi) is 4.40. The summed E-state index contributed by atoms with van der Waals surface area (Å²) >= 11 is 1.16. The van der Waals surface area contributed by atoms with E-state index in [9.17, 15) is 9.90 Å². The van der Waals surface area contributed by atoms with Crippen LogP contribution in [0.5, 0.6) is 5.75 Å². The average Bonchev–Trinajstić information content (AvgIpc) is 2.87. The normalized spacial score (nSPS) is 10.4. The van der Waals surface area contributed by atoms with Crippen LogP contribution in [0.1, 0.15) is 12.8 Å². The lowest BCUT2D eigenvalue weighted by Gasteiger charge is -2.05. The van der Waals surface area contributed by atoms with Crippen LogP contribution >= 0.6 is 11.8 Å². The maximum absolute atomic E-state index is 11.7. The predicted molar refractivity (Wildman–Crippen MR) is 71.1 cm³/mol. The van der Waals surface area contributed by atoms with Gasteiger partial charge in [-0.05, 0) is 12.1 Å². The van der Waals surface area contributed by atoms with Gasteiger partial charge < -0.3 is 14.8 Å². The molecule has 0 saturated heterocycles. The Hall–Kier alpha value is -2.02. The molecule has 0 spiro atoms. The molecule has 1 aromatic carbocycles. The van der Waals surface area contributed by atoms with Gasteiger partial charge in [-0.1, -0.05) is 30.8 Å². The van der Waals surface area contributed by atoms with Gasteiger partial charge in [0.2, 0.25) is 11.8 Å². The maximum Gasteiger partial charge on any atom is 0.277 e. The van der Waals surface area contributed by atoms with Gasteiger partial charge >= 0.3 is 0 Å². The Morgan fingerprint density at radius 2 is 2.21 bits per heavy atom. The van der Waals surface area contributed by atoms with Crippen LogP contribution in [0.2, 0.25) is 0 Å². The van der Waals surface area contributed by atoms with E-state index < -0.39 is 0 Å². The molecule has 0 bridgehead atoms.